The summed E-state index contributed by atoms with van der Waals surface area (Å²) in [5, 5.41) is 13.5. The first kappa shape index (κ1) is 12.8. The van der Waals surface area contributed by atoms with Gasteiger partial charge in [-0.15, -0.1) is 0 Å². The lowest BCUT2D eigenvalue weighted by Crippen LogP contribution is -2.28. The lowest BCUT2D eigenvalue weighted by atomic mass is 10.3. The van der Waals surface area contributed by atoms with Crippen molar-refractivity contribution in [3.8, 4) is 0 Å². The molecule has 2 amide bonds. The molecule has 0 spiro atoms. The number of carbonyl (C=O) groups is 3. The van der Waals surface area contributed by atoms with Gasteiger partial charge < -0.3 is 20.2 Å². The monoisotopic (exact) mass is 240 g/mol. The van der Waals surface area contributed by atoms with Crippen molar-refractivity contribution in [1.82, 2.24) is 10.6 Å². The van der Waals surface area contributed by atoms with Crippen LogP contribution >= 0.6 is 0 Å². The Labute approximate surface area is 96.8 Å². The normalized spacial score (nSPS) is 9.71. The first-order valence-electron chi connectivity index (χ1n) is 4.85. The van der Waals surface area contributed by atoms with E-state index in [4.69, 9.17) is 9.52 Å². The zero-order chi connectivity index (χ0) is 12.8. The van der Waals surface area contributed by atoms with Crippen molar-refractivity contribution in [2.75, 3.05) is 13.6 Å². The number of aromatic carboxylic acids is 1. The molecule has 1 aromatic heterocycles. The Balaban J connectivity index is 2.47. The molecule has 92 valence electrons. The van der Waals surface area contributed by atoms with E-state index in [1.165, 1.54) is 7.05 Å². The molecule has 0 saturated heterocycles. The summed E-state index contributed by atoms with van der Waals surface area (Å²) in [4.78, 5) is 32.8. The molecule has 1 rings (SSSR count). The molecule has 17 heavy (non-hydrogen) atoms. The van der Waals surface area contributed by atoms with Gasteiger partial charge in [0, 0.05) is 26.1 Å². The smallest absolute Gasteiger partial charge is 0.338 e. The minimum absolute atomic E-state index is 0.0959. The largest absolute Gasteiger partial charge is 0.478 e. The molecule has 0 saturated carbocycles. The van der Waals surface area contributed by atoms with E-state index in [1.807, 2.05) is 0 Å². The molecule has 7 heteroatoms. The third-order valence-electron chi connectivity index (χ3n) is 1.99. The van der Waals surface area contributed by atoms with Crippen molar-refractivity contribution in [2.45, 2.75) is 6.42 Å². The average Bonchev–Trinajstić information content (AvgIpc) is 2.78. The van der Waals surface area contributed by atoms with Crippen LogP contribution in [0.1, 0.15) is 27.3 Å². The van der Waals surface area contributed by atoms with E-state index in [0.717, 1.165) is 12.3 Å². The molecule has 7 nitrogen and oxygen atoms in total. The van der Waals surface area contributed by atoms with Gasteiger partial charge in [-0.2, -0.15) is 0 Å². The highest BCUT2D eigenvalue weighted by Gasteiger charge is 2.14. The maximum atomic E-state index is 11.4. The fraction of sp³-hybridized carbons (Fsp3) is 0.300. The van der Waals surface area contributed by atoms with Crippen LogP contribution in [0.4, 0.5) is 0 Å². The van der Waals surface area contributed by atoms with Crippen molar-refractivity contribution in [3.63, 3.8) is 0 Å². The molecule has 0 bridgehead atoms. The van der Waals surface area contributed by atoms with Crippen LogP contribution in [-0.4, -0.2) is 36.5 Å². The summed E-state index contributed by atoms with van der Waals surface area (Å²) in [6.45, 7) is 0.154. The molecule has 0 unspecified atom stereocenters. The van der Waals surface area contributed by atoms with Gasteiger partial charge in [-0.05, 0) is 0 Å². The van der Waals surface area contributed by atoms with Gasteiger partial charge in [0.15, 0.2) is 5.76 Å². The zero-order valence-corrected chi connectivity index (χ0v) is 9.15. The topological polar surface area (TPSA) is 109 Å². The van der Waals surface area contributed by atoms with E-state index < -0.39 is 11.9 Å². The number of amides is 2. The van der Waals surface area contributed by atoms with E-state index in [9.17, 15) is 14.4 Å². The SMILES string of the molecule is CNC(=O)CCNC(=O)c1cc(C(=O)O)co1. The second kappa shape index (κ2) is 5.69. The molecule has 0 aliphatic heterocycles. The summed E-state index contributed by atoms with van der Waals surface area (Å²) in [7, 11) is 1.50. The Morgan fingerprint density at radius 1 is 1.41 bits per heavy atom. The third-order valence-corrected chi connectivity index (χ3v) is 1.99. The predicted octanol–water partition coefficient (Wildman–Crippen LogP) is -0.156. The van der Waals surface area contributed by atoms with Gasteiger partial charge in [-0.3, -0.25) is 9.59 Å². The molecule has 0 aliphatic carbocycles. The van der Waals surface area contributed by atoms with E-state index in [2.05, 4.69) is 10.6 Å². The van der Waals surface area contributed by atoms with Gasteiger partial charge in [0.05, 0.1) is 5.56 Å². The number of furan rings is 1. The van der Waals surface area contributed by atoms with E-state index in [-0.39, 0.29) is 30.2 Å². The molecule has 1 heterocycles. The molecule has 0 atom stereocenters. The van der Waals surface area contributed by atoms with E-state index in [0.29, 0.717) is 0 Å². The molecule has 0 aliphatic rings. The van der Waals surface area contributed by atoms with Crippen LogP contribution in [0.5, 0.6) is 0 Å². The zero-order valence-electron chi connectivity index (χ0n) is 9.15. The minimum Gasteiger partial charge on any atom is -0.478 e. The number of hydrogen-bond donors (Lipinski definition) is 3. The Kier molecular flexibility index (Phi) is 4.27. The Morgan fingerprint density at radius 3 is 2.65 bits per heavy atom. The molecule has 0 fully saturated rings. The molecular formula is C10H12N2O5. The van der Waals surface area contributed by atoms with Gasteiger partial charge in [-0.1, -0.05) is 0 Å². The number of carboxylic acid groups (broad SMARTS) is 1. The van der Waals surface area contributed by atoms with Crippen molar-refractivity contribution in [3.05, 3.63) is 23.7 Å². The van der Waals surface area contributed by atoms with Crippen molar-refractivity contribution in [1.29, 1.82) is 0 Å². The fourth-order valence-electron chi connectivity index (χ4n) is 1.07. The van der Waals surface area contributed by atoms with Crippen molar-refractivity contribution < 1.29 is 23.9 Å². The molecule has 0 aromatic carbocycles. The molecule has 1 aromatic rings. The lowest BCUT2D eigenvalue weighted by molar-refractivity contribution is -0.120. The van der Waals surface area contributed by atoms with Crippen LogP contribution in [0.25, 0.3) is 0 Å². The summed E-state index contributed by atoms with van der Waals surface area (Å²) in [6, 6.07) is 1.12. The lowest BCUT2D eigenvalue weighted by Gasteiger charge is -2.01. The van der Waals surface area contributed by atoms with Crippen LogP contribution in [0.2, 0.25) is 0 Å². The number of carbonyl (C=O) groups excluding carboxylic acids is 2. The summed E-state index contributed by atoms with van der Waals surface area (Å²) >= 11 is 0. The predicted molar refractivity (Wildman–Crippen MR) is 56.7 cm³/mol. The Hall–Kier alpha value is -2.31. The first-order valence-corrected chi connectivity index (χ1v) is 4.85. The quantitative estimate of drug-likeness (QED) is 0.662. The molecule has 3 N–H and O–H groups in total. The summed E-state index contributed by atoms with van der Waals surface area (Å²) in [5.74, 6) is -2.02. The molecule has 0 radical (unpaired) electrons. The maximum Gasteiger partial charge on any atom is 0.338 e. The summed E-state index contributed by atoms with van der Waals surface area (Å²) in [6.07, 6.45) is 1.13. The Bertz CT molecular complexity index is 438. The minimum atomic E-state index is -1.17. The van der Waals surface area contributed by atoms with Crippen LogP contribution in [0.15, 0.2) is 16.7 Å². The second-order valence-corrected chi connectivity index (χ2v) is 3.18. The first-order chi connectivity index (χ1) is 8.04. The van der Waals surface area contributed by atoms with E-state index in [1.54, 1.807) is 0 Å². The van der Waals surface area contributed by atoms with Gasteiger partial charge in [-0.25, -0.2) is 4.79 Å². The van der Waals surface area contributed by atoms with Gasteiger partial charge in [0.25, 0.3) is 5.91 Å². The van der Waals surface area contributed by atoms with Crippen molar-refractivity contribution in [2.24, 2.45) is 0 Å². The highest BCUT2D eigenvalue weighted by atomic mass is 16.4. The number of nitrogens with one attached hydrogen (secondary N) is 2. The second-order valence-electron chi connectivity index (χ2n) is 3.18. The van der Waals surface area contributed by atoms with Crippen LogP contribution in [0.3, 0.4) is 0 Å². The summed E-state index contributed by atoms with van der Waals surface area (Å²) < 4.78 is 4.78. The van der Waals surface area contributed by atoms with Crippen LogP contribution < -0.4 is 10.6 Å². The van der Waals surface area contributed by atoms with Gasteiger partial charge >= 0.3 is 5.97 Å². The Morgan fingerprint density at radius 2 is 2.12 bits per heavy atom. The number of rotatable bonds is 5. The molecular weight excluding hydrogens is 228 g/mol. The van der Waals surface area contributed by atoms with Crippen molar-refractivity contribution >= 4 is 17.8 Å². The highest BCUT2D eigenvalue weighted by Crippen LogP contribution is 2.07. The third kappa shape index (κ3) is 3.63. The standard InChI is InChI=1S/C10H12N2O5/c1-11-8(13)2-3-12-9(14)7-4-6(5-17-7)10(15)16/h4-5H,2-3H2,1H3,(H,11,13)(H,12,14)(H,15,16). The highest BCUT2D eigenvalue weighted by molar-refractivity contribution is 5.95. The number of carboxylic acids is 1. The fourth-order valence-corrected chi connectivity index (χ4v) is 1.07. The average molecular weight is 240 g/mol. The van der Waals surface area contributed by atoms with Gasteiger partial charge in [0.1, 0.15) is 6.26 Å². The number of hydrogen-bond acceptors (Lipinski definition) is 4. The van der Waals surface area contributed by atoms with Crippen LogP contribution in [-0.2, 0) is 4.79 Å². The van der Waals surface area contributed by atoms with Gasteiger partial charge in [0.2, 0.25) is 5.91 Å². The van der Waals surface area contributed by atoms with E-state index >= 15 is 0 Å². The summed E-state index contributed by atoms with van der Waals surface area (Å²) in [5.41, 5.74) is -0.0959. The van der Waals surface area contributed by atoms with Crippen LogP contribution in [0, 0.1) is 0 Å². The maximum absolute atomic E-state index is 11.4.